The molecule has 4 rings (SSSR count). The summed E-state index contributed by atoms with van der Waals surface area (Å²) in [6.07, 6.45) is 4.50. The number of nitrogens with one attached hydrogen (secondary N) is 1. The Kier molecular flexibility index (Phi) is 5.15. The molecule has 1 amide bonds. The summed E-state index contributed by atoms with van der Waals surface area (Å²) in [4.78, 5) is 17.7. The molecule has 5 nitrogen and oxygen atoms in total. The number of para-hydroxylation sites is 1. The third kappa shape index (κ3) is 3.93. The van der Waals surface area contributed by atoms with Crippen molar-refractivity contribution >= 4 is 16.8 Å². The van der Waals surface area contributed by atoms with Gasteiger partial charge in [-0.1, -0.05) is 48.0 Å². The van der Waals surface area contributed by atoms with Gasteiger partial charge in [-0.3, -0.25) is 9.48 Å². The molecule has 0 aliphatic heterocycles. The smallest absolute Gasteiger partial charge is 0.252 e. The number of aromatic nitrogens is 3. The van der Waals surface area contributed by atoms with Gasteiger partial charge in [0.05, 0.1) is 16.8 Å². The number of carbonyl (C=O) groups is 1. The quantitative estimate of drug-likeness (QED) is 0.517. The van der Waals surface area contributed by atoms with Crippen LogP contribution in [0.5, 0.6) is 0 Å². The van der Waals surface area contributed by atoms with Gasteiger partial charge in [-0.2, -0.15) is 5.10 Å². The Morgan fingerprint density at radius 1 is 1.07 bits per heavy atom. The van der Waals surface area contributed by atoms with E-state index in [9.17, 15) is 4.79 Å². The molecule has 0 atom stereocenters. The number of nitrogens with zero attached hydrogens (tertiary/aromatic N) is 3. The number of fused-ring (bicyclic) bond motifs is 1. The first kappa shape index (κ1) is 17.9. The van der Waals surface area contributed by atoms with Crippen LogP contribution in [0.25, 0.3) is 22.2 Å². The molecule has 2 aromatic carbocycles. The van der Waals surface area contributed by atoms with E-state index < -0.39 is 0 Å². The number of hydrogen-bond donors (Lipinski definition) is 1. The molecule has 0 spiro atoms. The van der Waals surface area contributed by atoms with Crippen molar-refractivity contribution in [3.05, 3.63) is 84.2 Å². The molecule has 140 valence electrons. The number of pyridine rings is 1. The van der Waals surface area contributed by atoms with E-state index in [0.29, 0.717) is 12.1 Å². The number of aryl methyl sites for hydroxylation is 2. The van der Waals surface area contributed by atoms with Gasteiger partial charge in [-0.25, -0.2) is 4.98 Å². The van der Waals surface area contributed by atoms with E-state index in [0.717, 1.165) is 35.1 Å². The summed E-state index contributed by atoms with van der Waals surface area (Å²) in [6, 6.07) is 19.7. The number of benzene rings is 2. The van der Waals surface area contributed by atoms with Crippen molar-refractivity contribution in [1.82, 2.24) is 20.1 Å². The van der Waals surface area contributed by atoms with E-state index in [1.807, 2.05) is 59.4 Å². The van der Waals surface area contributed by atoms with Crippen LogP contribution in [-0.4, -0.2) is 27.2 Å². The van der Waals surface area contributed by atoms with Gasteiger partial charge in [0.25, 0.3) is 5.91 Å². The number of hydrogen-bond acceptors (Lipinski definition) is 3. The van der Waals surface area contributed by atoms with Gasteiger partial charge < -0.3 is 5.32 Å². The first-order valence-electron chi connectivity index (χ1n) is 9.43. The van der Waals surface area contributed by atoms with E-state index in [2.05, 4.69) is 29.5 Å². The van der Waals surface area contributed by atoms with Gasteiger partial charge >= 0.3 is 0 Å². The summed E-state index contributed by atoms with van der Waals surface area (Å²) in [5, 5.41) is 8.08. The normalized spacial score (nSPS) is 10.9. The molecular weight excluding hydrogens is 348 g/mol. The van der Waals surface area contributed by atoms with Crippen LogP contribution in [0.2, 0.25) is 0 Å². The monoisotopic (exact) mass is 370 g/mol. The van der Waals surface area contributed by atoms with Gasteiger partial charge in [-0.15, -0.1) is 0 Å². The second kappa shape index (κ2) is 8.05. The van der Waals surface area contributed by atoms with Gasteiger partial charge in [-0.05, 0) is 31.5 Å². The van der Waals surface area contributed by atoms with Crippen molar-refractivity contribution in [3.63, 3.8) is 0 Å². The predicted octanol–water partition coefficient (Wildman–Crippen LogP) is 4.23. The van der Waals surface area contributed by atoms with Crippen LogP contribution in [0.4, 0.5) is 0 Å². The van der Waals surface area contributed by atoms with Crippen molar-refractivity contribution in [3.8, 4) is 11.3 Å². The van der Waals surface area contributed by atoms with Crippen molar-refractivity contribution < 1.29 is 4.79 Å². The summed E-state index contributed by atoms with van der Waals surface area (Å²) >= 11 is 0. The lowest BCUT2D eigenvalue weighted by atomic mass is 10.0. The number of rotatable bonds is 6. The highest BCUT2D eigenvalue weighted by molar-refractivity contribution is 6.07. The van der Waals surface area contributed by atoms with Crippen molar-refractivity contribution in [1.29, 1.82) is 0 Å². The van der Waals surface area contributed by atoms with Crippen LogP contribution in [0, 0.1) is 6.92 Å². The first-order chi connectivity index (χ1) is 13.7. The lowest BCUT2D eigenvalue weighted by molar-refractivity contribution is 0.0954. The Labute approximate surface area is 164 Å². The fourth-order valence-electron chi connectivity index (χ4n) is 3.21. The average Bonchev–Trinajstić information content (AvgIpc) is 3.24. The molecule has 0 radical (unpaired) electrons. The molecule has 0 saturated carbocycles. The summed E-state index contributed by atoms with van der Waals surface area (Å²) in [5.41, 5.74) is 4.48. The summed E-state index contributed by atoms with van der Waals surface area (Å²) in [7, 11) is 0. The molecule has 28 heavy (non-hydrogen) atoms. The summed E-state index contributed by atoms with van der Waals surface area (Å²) in [5.74, 6) is -0.0765. The topological polar surface area (TPSA) is 59.8 Å². The minimum atomic E-state index is -0.0765. The van der Waals surface area contributed by atoms with E-state index in [4.69, 9.17) is 4.98 Å². The maximum absolute atomic E-state index is 12.9. The van der Waals surface area contributed by atoms with Crippen LogP contribution in [0.1, 0.15) is 22.3 Å². The van der Waals surface area contributed by atoms with Gasteiger partial charge in [0, 0.05) is 36.4 Å². The lowest BCUT2D eigenvalue weighted by Crippen LogP contribution is -2.25. The molecule has 0 bridgehead atoms. The number of amides is 1. The molecule has 0 unspecified atom stereocenters. The Balaban J connectivity index is 1.57. The highest BCUT2D eigenvalue weighted by Gasteiger charge is 2.13. The maximum Gasteiger partial charge on any atom is 0.252 e. The van der Waals surface area contributed by atoms with Crippen LogP contribution in [0.3, 0.4) is 0 Å². The SMILES string of the molecule is Cc1ccc(-c2cc(C(=O)NCCCn3cccn3)c3ccccc3n2)cc1. The maximum atomic E-state index is 12.9. The molecule has 4 aromatic rings. The average molecular weight is 370 g/mol. The van der Waals surface area contributed by atoms with Crippen molar-refractivity contribution in [2.75, 3.05) is 6.54 Å². The molecule has 0 fully saturated rings. The molecule has 5 heteroatoms. The zero-order valence-electron chi connectivity index (χ0n) is 15.8. The van der Waals surface area contributed by atoms with E-state index in [-0.39, 0.29) is 5.91 Å². The third-order valence-corrected chi connectivity index (χ3v) is 4.72. The fourth-order valence-corrected chi connectivity index (χ4v) is 3.21. The van der Waals surface area contributed by atoms with Crippen molar-refractivity contribution in [2.24, 2.45) is 0 Å². The van der Waals surface area contributed by atoms with E-state index >= 15 is 0 Å². The Morgan fingerprint density at radius 3 is 2.68 bits per heavy atom. The highest BCUT2D eigenvalue weighted by Crippen LogP contribution is 2.25. The van der Waals surface area contributed by atoms with E-state index in [1.165, 1.54) is 5.56 Å². The van der Waals surface area contributed by atoms with Crippen LogP contribution >= 0.6 is 0 Å². The Morgan fingerprint density at radius 2 is 1.89 bits per heavy atom. The predicted molar refractivity (Wildman–Crippen MR) is 111 cm³/mol. The van der Waals surface area contributed by atoms with E-state index in [1.54, 1.807) is 6.20 Å². The highest BCUT2D eigenvalue weighted by atomic mass is 16.1. The molecule has 0 aliphatic carbocycles. The number of carbonyl (C=O) groups excluding carboxylic acids is 1. The Bertz CT molecular complexity index is 1090. The second-order valence-corrected chi connectivity index (χ2v) is 6.82. The summed E-state index contributed by atoms with van der Waals surface area (Å²) in [6.45, 7) is 3.42. The third-order valence-electron chi connectivity index (χ3n) is 4.72. The molecule has 2 heterocycles. The molecule has 2 aromatic heterocycles. The van der Waals surface area contributed by atoms with Gasteiger partial charge in [0.1, 0.15) is 0 Å². The molecule has 0 aliphatic rings. The first-order valence-corrected chi connectivity index (χ1v) is 9.43. The van der Waals surface area contributed by atoms with Crippen LogP contribution < -0.4 is 5.32 Å². The Hall–Kier alpha value is -3.47. The zero-order valence-corrected chi connectivity index (χ0v) is 15.8. The standard InChI is InChI=1S/C23H22N4O/c1-17-8-10-18(11-9-17)22-16-20(19-6-2-3-7-21(19)26-22)23(28)24-12-4-14-27-15-5-13-25-27/h2-3,5-11,13,15-16H,4,12,14H2,1H3,(H,24,28). The minimum Gasteiger partial charge on any atom is -0.352 e. The van der Waals surface area contributed by atoms with Gasteiger partial charge in [0.2, 0.25) is 0 Å². The van der Waals surface area contributed by atoms with Crippen LogP contribution in [0.15, 0.2) is 73.1 Å². The van der Waals surface area contributed by atoms with Crippen molar-refractivity contribution in [2.45, 2.75) is 19.9 Å². The minimum absolute atomic E-state index is 0.0765. The van der Waals surface area contributed by atoms with Gasteiger partial charge in [0.15, 0.2) is 0 Å². The molecule has 1 N–H and O–H groups in total. The summed E-state index contributed by atoms with van der Waals surface area (Å²) < 4.78 is 1.86. The lowest BCUT2D eigenvalue weighted by Gasteiger charge is -2.11. The fraction of sp³-hybridized carbons (Fsp3) is 0.174. The molecular formula is C23H22N4O. The van der Waals surface area contributed by atoms with Crippen LogP contribution in [-0.2, 0) is 6.54 Å². The second-order valence-electron chi connectivity index (χ2n) is 6.82. The zero-order chi connectivity index (χ0) is 19.3. The molecule has 0 saturated heterocycles. The largest absolute Gasteiger partial charge is 0.352 e.